The monoisotopic (exact) mass is 711 g/mol. The first-order valence-electron chi connectivity index (χ1n) is 18.9. The summed E-state index contributed by atoms with van der Waals surface area (Å²) in [6.07, 6.45) is 6.62. The van der Waals surface area contributed by atoms with E-state index in [-0.39, 0.29) is 24.8 Å². The highest BCUT2D eigenvalue weighted by atomic mass is 16.7. The zero-order valence-electron chi connectivity index (χ0n) is 30.2. The molecule has 53 heavy (non-hydrogen) atoms. The van der Waals surface area contributed by atoms with Crippen LogP contribution in [0.15, 0.2) is 127 Å². The van der Waals surface area contributed by atoms with Gasteiger partial charge in [-0.1, -0.05) is 110 Å². The van der Waals surface area contributed by atoms with E-state index in [1.54, 1.807) is 0 Å². The summed E-state index contributed by atoms with van der Waals surface area (Å²) in [6.45, 7) is 3.51. The van der Waals surface area contributed by atoms with Crippen LogP contribution in [0.3, 0.4) is 0 Å². The minimum Gasteiger partial charge on any atom is -0.457 e. The third-order valence-corrected chi connectivity index (χ3v) is 10.1. The third-order valence-electron chi connectivity index (χ3n) is 10.1. The molecular weight excluding hydrogens is 663 g/mol. The second kappa shape index (κ2) is 18.2. The quantitative estimate of drug-likeness (QED) is 0.126. The predicted molar refractivity (Wildman–Crippen MR) is 209 cm³/mol. The van der Waals surface area contributed by atoms with Gasteiger partial charge in [-0.3, -0.25) is 0 Å². The molecule has 2 saturated heterocycles. The Morgan fingerprint density at radius 2 is 1.38 bits per heavy atom. The van der Waals surface area contributed by atoms with Gasteiger partial charge in [-0.2, -0.15) is 0 Å². The first-order valence-corrected chi connectivity index (χ1v) is 18.9. The molecule has 0 spiro atoms. The van der Waals surface area contributed by atoms with Crippen LogP contribution in [0.4, 0.5) is 10.5 Å². The maximum absolute atomic E-state index is 12.9. The molecule has 0 aromatic heterocycles. The number of anilines is 1. The van der Waals surface area contributed by atoms with E-state index in [2.05, 4.69) is 58.0 Å². The van der Waals surface area contributed by atoms with Gasteiger partial charge in [0.25, 0.3) is 0 Å². The Morgan fingerprint density at radius 1 is 0.717 bits per heavy atom. The summed E-state index contributed by atoms with van der Waals surface area (Å²) >= 11 is 0. The second-order valence-electron chi connectivity index (χ2n) is 13.9. The molecule has 2 heterocycles. The van der Waals surface area contributed by atoms with Gasteiger partial charge >= 0.3 is 6.03 Å². The highest BCUT2D eigenvalue weighted by Gasteiger charge is 2.33. The number of benzene rings is 5. The number of hydrogen-bond acceptors (Lipinski definition) is 6. The van der Waals surface area contributed by atoms with Gasteiger partial charge in [0.2, 0.25) is 0 Å². The highest BCUT2D eigenvalue weighted by Crippen LogP contribution is 2.39. The van der Waals surface area contributed by atoms with Gasteiger partial charge in [0.05, 0.1) is 18.8 Å². The number of carbonyl (C=O) groups is 1. The number of hydrogen-bond donors (Lipinski definition) is 3. The van der Waals surface area contributed by atoms with Crippen molar-refractivity contribution < 1.29 is 24.1 Å². The van der Waals surface area contributed by atoms with Crippen LogP contribution in [0, 0.1) is 0 Å². The topological polar surface area (TPSA) is 92.3 Å². The van der Waals surface area contributed by atoms with E-state index < -0.39 is 6.29 Å². The number of nitrogens with zero attached hydrogens (tertiary/aromatic N) is 1. The predicted octanol–water partition coefficient (Wildman–Crippen LogP) is 9.77. The van der Waals surface area contributed by atoms with Gasteiger partial charge in [0, 0.05) is 30.8 Å². The van der Waals surface area contributed by atoms with E-state index in [0.717, 1.165) is 65.2 Å². The van der Waals surface area contributed by atoms with E-state index in [9.17, 15) is 9.90 Å². The molecule has 274 valence electrons. The van der Waals surface area contributed by atoms with Gasteiger partial charge in [0.1, 0.15) is 11.5 Å². The van der Waals surface area contributed by atoms with Crippen molar-refractivity contribution in [3.8, 4) is 22.6 Å². The molecule has 2 aliphatic heterocycles. The average molecular weight is 712 g/mol. The van der Waals surface area contributed by atoms with Gasteiger partial charge in [-0.15, -0.1) is 0 Å². The fourth-order valence-electron chi connectivity index (χ4n) is 7.17. The van der Waals surface area contributed by atoms with Crippen LogP contribution in [-0.2, 0) is 22.6 Å². The Bertz CT molecular complexity index is 1880. The Kier molecular flexibility index (Phi) is 12.5. The highest BCUT2D eigenvalue weighted by molar-refractivity contribution is 5.89. The van der Waals surface area contributed by atoms with Crippen molar-refractivity contribution in [2.45, 2.75) is 70.2 Å². The molecule has 2 aliphatic rings. The fraction of sp³-hybridized carbons (Fsp3) is 0.311. The molecule has 0 unspecified atom stereocenters. The van der Waals surface area contributed by atoms with Crippen molar-refractivity contribution in [3.63, 3.8) is 0 Å². The summed E-state index contributed by atoms with van der Waals surface area (Å²) in [5, 5.41) is 15.5. The Balaban J connectivity index is 0.998. The van der Waals surface area contributed by atoms with Gasteiger partial charge in [-0.25, -0.2) is 4.79 Å². The second-order valence-corrected chi connectivity index (χ2v) is 13.9. The van der Waals surface area contributed by atoms with Crippen LogP contribution >= 0.6 is 0 Å². The lowest BCUT2D eigenvalue weighted by molar-refractivity contribution is -0.253. The number of urea groups is 1. The molecule has 2 fully saturated rings. The third kappa shape index (κ3) is 10.1. The average Bonchev–Trinajstić information content (AvgIpc) is 3.19. The summed E-state index contributed by atoms with van der Waals surface area (Å²) in [7, 11) is 0. The zero-order valence-corrected chi connectivity index (χ0v) is 30.2. The van der Waals surface area contributed by atoms with E-state index in [4.69, 9.17) is 14.2 Å². The number of nitrogens with one attached hydrogen (secondary N) is 2. The van der Waals surface area contributed by atoms with Crippen molar-refractivity contribution in [1.29, 1.82) is 0 Å². The minimum atomic E-state index is -0.500. The maximum atomic E-state index is 12.9. The normalized spacial score (nSPS) is 19.5. The van der Waals surface area contributed by atoms with Crippen molar-refractivity contribution in [2.24, 2.45) is 0 Å². The number of amides is 2. The first kappa shape index (κ1) is 36.4. The molecule has 0 radical (unpaired) electrons. The molecule has 7 rings (SSSR count). The number of rotatable bonds is 11. The number of para-hydroxylation sites is 1. The molecule has 3 atom stereocenters. The molecule has 5 aromatic rings. The van der Waals surface area contributed by atoms with Crippen molar-refractivity contribution in [3.05, 3.63) is 150 Å². The summed E-state index contributed by atoms with van der Waals surface area (Å²) in [5.74, 6) is 1.45. The number of aliphatic hydroxyl groups is 1. The number of aliphatic hydroxyl groups excluding tert-OH is 1. The number of likely N-dealkylation sites (tertiary alicyclic amines) is 1. The van der Waals surface area contributed by atoms with Crippen molar-refractivity contribution in [1.82, 2.24) is 10.2 Å². The number of ether oxygens (including phenoxy) is 3. The molecule has 3 N–H and O–H groups in total. The number of carbonyl (C=O) groups excluding carboxylic acids is 1. The summed E-state index contributed by atoms with van der Waals surface area (Å²) in [5.41, 5.74) is 6.73. The minimum absolute atomic E-state index is 0.0222. The van der Waals surface area contributed by atoms with E-state index in [1.807, 2.05) is 84.9 Å². The molecule has 0 saturated carbocycles. The molecule has 0 bridgehead atoms. The van der Waals surface area contributed by atoms with Crippen molar-refractivity contribution in [2.75, 3.05) is 25.0 Å². The molecule has 5 aromatic carbocycles. The van der Waals surface area contributed by atoms with Gasteiger partial charge in [-0.05, 0) is 90.1 Å². The lowest BCUT2D eigenvalue weighted by Gasteiger charge is -2.39. The SMILES string of the molecule is O=C(NCc1ccccc1-c1ccc([C@@H]2O[C@H](CN3CCCCCCC3)C[C@H](c3ccc(CO)cc3)O2)cc1)Nc1ccc(Oc2ccccc2)cc1. The summed E-state index contributed by atoms with van der Waals surface area (Å²) in [4.78, 5) is 15.5. The smallest absolute Gasteiger partial charge is 0.319 e. The molecule has 8 nitrogen and oxygen atoms in total. The van der Waals surface area contributed by atoms with Crippen LogP contribution < -0.4 is 15.4 Å². The first-order chi connectivity index (χ1) is 26.1. The van der Waals surface area contributed by atoms with Crippen LogP contribution in [-0.4, -0.2) is 41.8 Å². The van der Waals surface area contributed by atoms with Crippen LogP contribution in [0.25, 0.3) is 11.1 Å². The molecular formula is C45H49N3O5. The maximum Gasteiger partial charge on any atom is 0.319 e. The van der Waals surface area contributed by atoms with Crippen LogP contribution in [0.5, 0.6) is 11.5 Å². The summed E-state index contributed by atoms with van der Waals surface area (Å²) in [6, 6.07) is 41.2. The lowest BCUT2D eigenvalue weighted by Crippen LogP contribution is -2.40. The van der Waals surface area contributed by atoms with Crippen LogP contribution in [0.1, 0.15) is 73.2 Å². The van der Waals surface area contributed by atoms with E-state index in [1.165, 1.54) is 32.1 Å². The lowest BCUT2D eigenvalue weighted by atomic mass is 9.97. The molecule has 2 amide bonds. The molecule has 0 aliphatic carbocycles. The Labute approximate surface area is 312 Å². The standard InChI is InChI=1S/C45H49N3O5/c49-32-33-15-17-35(18-16-33)43-29-41(31-48-27-9-2-1-3-10-28-48)52-44(53-43)36-21-19-34(20-22-36)42-14-8-7-11-37(42)30-46-45(50)47-38-23-25-40(26-24-38)51-39-12-5-4-6-13-39/h4-8,11-26,41,43-44,49H,1-3,9-10,27-32H2,(H2,46,47,50)/t41-,43+,44+/m0/s1. The van der Waals surface area contributed by atoms with Crippen LogP contribution in [0.2, 0.25) is 0 Å². The fourth-order valence-corrected chi connectivity index (χ4v) is 7.17. The van der Waals surface area contributed by atoms with Gasteiger partial charge in [0.15, 0.2) is 6.29 Å². The zero-order chi connectivity index (χ0) is 36.2. The molecule has 8 heteroatoms. The summed E-state index contributed by atoms with van der Waals surface area (Å²) < 4.78 is 19.2. The Hall–Kier alpha value is -4.99. The van der Waals surface area contributed by atoms with Crippen molar-refractivity contribution >= 4 is 11.7 Å². The van der Waals surface area contributed by atoms with E-state index >= 15 is 0 Å². The largest absolute Gasteiger partial charge is 0.457 e. The Morgan fingerprint density at radius 3 is 2.11 bits per heavy atom. The van der Waals surface area contributed by atoms with E-state index in [0.29, 0.717) is 18.0 Å². The van der Waals surface area contributed by atoms with Gasteiger partial charge < -0.3 is 34.9 Å².